The van der Waals surface area contributed by atoms with Crippen molar-refractivity contribution < 1.29 is 38.1 Å². The monoisotopic (exact) mass is 726 g/mol. The van der Waals surface area contributed by atoms with Gasteiger partial charge in [-0.15, -0.1) is 0 Å². The Hall–Kier alpha value is -1.71. The molecule has 1 fully saturated rings. The van der Waals surface area contributed by atoms with Crippen molar-refractivity contribution in [2.75, 3.05) is 53.2 Å². The fourth-order valence-electron chi connectivity index (χ4n) is 6.38. The third kappa shape index (κ3) is 28.5. The number of esters is 3. The summed E-state index contributed by atoms with van der Waals surface area (Å²) < 4.78 is 29.0. The van der Waals surface area contributed by atoms with E-state index in [-0.39, 0.29) is 50.1 Å². The second-order valence-corrected chi connectivity index (χ2v) is 14.9. The third-order valence-electron chi connectivity index (χ3n) is 9.82. The first-order valence-electron chi connectivity index (χ1n) is 21.3. The zero-order valence-corrected chi connectivity index (χ0v) is 33.6. The molecule has 0 aromatic carbocycles. The number of hydrogen-bond donors (Lipinski definition) is 0. The standard InChI is InChI=1S/C42H79NO8/c1-5-8-11-14-17-18-19-20-23-26-39(44)49-34-37(36-51-42(46)38-29-30-43(4)33-38)35-50-40(45)27-28-41(47-31-24-21-15-12-9-6-2)48-32-25-22-16-13-10-7-3/h37-38,41H,5-36H2,1-4H3. The Bertz CT molecular complexity index is 822. The normalized spacial score (nSPS) is 15.4. The topological polar surface area (TPSA) is 101 Å². The molecule has 1 aliphatic heterocycles. The summed E-state index contributed by atoms with van der Waals surface area (Å²) in [6.07, 6.45) is 26.1. The number of rotatable bonds is 36. The molecule has 0 saturated carbocycles. The van der Waals surface area contributed by atoms with Crippen LogP contribution in [0, 0.1) is 11.8 Å². The van der Waals surface area contributed by atoms with E-state index in [2.05, 4.69) is 25.7 Å². The lowest BCUT2D eigenvalue weighted by molar-refractivity contribution is -0.162. The van der Waals surface area contributed by atoms with Crippen molar-refractivity contribution in [2.24, 2.45) is 11.8 Å². The van der Waals surface area contributed by atoms with Gasteiger partial charge < -0.3 is 28.6 Å². The number of ether oxygens (including phenoxy) is 5. The minimum atomic E-state index is -0.438. The maximum absolute atomic E-state index is 12.9. The second kappa shape index (κ2) is 34.1. The van der Waals surface area contributed by atoms with Crippen molar-refractivity contribution in [2.45, 2.75) is 188 Å². The molecule has 9 nitrogen and oxygen atoms in total. The van der Waals surface area contributed by atoms with E-state index in [0.717, 1.165) is 57.9 Å². The Balaban J connectivity index is 2.53. The summed E-state index contributed by atoms with van der Waals surface area (Å²) in [6, 6.07) is 0. The fraction of sp³-hybridized carbons (Fsp3) is 0.929. The van der Waals surface area contributed by atoms with Crippen LogP contribution in [0.1, 0.15) is 181 Å². The molecule has 0 amide bonds. The first-order valence-corrected chi connectivity index (χ1v) is 21.3. The van der Waals surface area contributed by atoms with Crippen molar-refractivity contribution in [1.29, 1.82) is 0 Å². The predicted octanol–water partition coefficient (Wildman–Crippen LogP) is 9.97. The predicted molar refractivity (Wildman–Crippen MR) is 205 cm³/mol. The van der Waals surface area contributed by atoms with Gasteiger partial charge in [0.05, 0.1) is 18.3 Å². The summed E-state index contributed by atoms with van der Waals surface area (Å²) in [4.78, 5) is 40.2. The van der Waals surface area contributed by atoms with Crippen LogP contribution in [0.2, 0.25) is 0 Å². The maximum Gasteiger partial charge on any atom is 0.310 e. The van der Waals surface area contributed by atoms with Gasteiger partial charge in [0.15, 0.2) is 6.29 Å². The number of carbonyl (C=O) groups is 3. The zero-order valence-electron chi connectivity index (χ0n) is 33.6. The molecule has 1 saturated heterocycles. The van der Waals surface area contributed by atoms with Crippen LogP contribution in [-0.2, 0) is 38.1 Å². The van der Waals surface area contributed by atoms with E-state index in [9.17, 15) is 14.4 Å². The number of nitrogens with zero attached hydrogens (tertiary/aromatic N) is 1. The summed E-state index contributed by atoms with van der Waals surface area (Å²) >= 11 is 0. The number of hydrogen-bond acceptors (Lipinski definition) is 9. The molecule has 1 heterocycles. The molecule has 0 radical (unpaired) electrons. The fourth-order valence-corrected chi connectivity index (χ4v) is 6.38. The number of likely N-dealkylation sites (tertiary alicyclic amines) is 1. The van der Waals surface area contributed by atoms with Gasteiger partial charge in [-0.2, -0.15) is 0 Å². The molecule has 51 heavy (non-hydrogen) atoms. The lowest BCUT2D eigenvalue weighted by Crippen LogP contribution is -2.29. The van der Waals surface area contributed by atoms with Gasteiger partial charge in [-0.1, -0.05) is 136 Å². The van der Waals surface area contributed by atoms with Gasteiger partial charge in [-0.3, -0.25) is 14.4 Å². The van der Waals surface area contributed by atoms with Gasteiger partial charge >= 0.3 is 17.9 Å². The van der Waals surface area contributed by atoms with Gasteiger partial charge in [-0.05, 0) is 39.3 Å². The van der Waals surface area contributed by atoms with Gasteiger partial charge in [0.25, 0.3) is 0 Å². The van der Waals surface area contributed by atoms with E-state index in [0.29, 0.717) is 32.6 Å². The molecule has 2 atom stereocenters. The molecular formula is C42H79NO8. The molecule has 0 spiro atoms. The first-order chi connectivity index (χ1) is 24.9. The van der Waals surface area contributed by atoms with Crippen molar-refractivity contribution in [3.8, 4) is 0 Å². The molecule has 2 unspecified atom stereocenters. The lowest BCUT2D eigenvalue weighted by atomic mass is 10.1. The minimum absolute atomic E-state index is 0.0178. The van der Waals surface area contributed by atoms with Gasteiger partial charge in [0.2, 0.25) is 0 Å². The largest absolute Gasteiger partial charge is 0.465 e. The summed E-state index contributed by atoms with van der Waals surface area (Å²) in [5.74, 6) is -1.44. The molecule has 0 bridgehead atoms. The maximum atomic E-state index is 12.9. The Morgan fingerprint density at radius 1 is 0.569 bits per heavy atom. The summed E-state index contributed by atoms with van der Waals surface area (Å²) in [5, 5.41) is 0. The number of unbranched alkanes of at least 4 members (excludes halogenated alkanes) is 18. The Morgan fingerprint density at radius 3 is 1.47 bits per heavy atom. The average Bonchev–Trinajstić information content (AvgIpc) is 3.57. The molecular weight excluding hydrogens is 646 g/mol. The molecule has 9 heteroatoms. The quantitative estimate of drug-likeness (QED) is 0.0270. The average molecular weight is 726 g/mol. The minimum Gasteiger partial charge on any atom is -0.465 e. The summed E-state index contributed by atoms with van der Waals surface area (Å²) in [6.45, 7) is 9.57. The third-order valence-corrected chi connectivity index (χ3v) is 9.82. The Labute approximate surface area is 313 Å². The molecule has 0 N–H and O–H groups in total. The van der Waals surface area contributed by atoms with Crippen molar-refractivity contribution >= 4 is 17.9 Å². The van der Waals surface area contributed by atoms with Crippen LogP contribution >= 0.6 is 0 Å². The van der Waals surface area contributed by atoms with Crippen molar-refractivity contribution in [3.63, 3.8) is 0 Å². The van der Waals surface area contributed by atoms with E-state index in [1.165, 1.54) is 89.9 Å². The first kappa shape index (κ1) is 47.3. The highest BCUT2D eigenvalue weighted by Crippen LogP contribution is 2.18. The van der Waals surface area contributed by atoms with Crippen LogP contribution in [-0.4, -0.2) is 82.3 Å². The molecule has 0 aliphatic carbocycles. The van der Waals surface area contributed by atoms with Crippen LogP contribution in [0.5, 0.6) is 0 Å². The second-order valence-electron chi connectivity index (χ2n) is 14.9. The van der Waals surface area contributed by atoms with E-state index < -0.39 is 12.2 Å². The number of carbonyl (C=O) groups excluding carboxylic acids is 3. The Kier molecular flexibility index (Phi) is 31.6. The Morgan fingerprint density at radius 2 is 1.00 bits per heavy atom. The highest BCUT2D eigenvalue weighted by atomic mass is 16.7. The highest BCUT2D eigenvalue weighted by Gasteiger charge is 2.28. The van der Waals surface area contributed by atoms with Crippen LogP contribution in [0.3, 0.4) is 0 Å². The van der Waals surface area contributed by atoms with Gasteiger partial charge in [0.1, 0.15) is 19.8 Å². The van der Waals surface area contributed by atoms with Crippen LogP contribution in [0.25, 0.3) is 0 Å². The van der Waals surface area contributed by atoms with Gasteiger partial charge in [0, 0.05) is 32.6 Å². The molecule has 0 aromatic heterocycles. The summed E-state index contributed by atoms with van der Waals surface area (Å²) in [7, 11) is 1.99. The SMILES string of the molecule is CCCCCCCCCCCC(=O)OCC(COC(=O)CCC(OCCCCCCCC)OCCCCCCCC)COC(=O)C1CCN(C)C1. The van der Waals surface area contributed by atoms with Crippen molar-refractivity contribution in [3.05, 3.63) is 0 Å². The van der Waals surface area contributed by atoms with E-state index in [1.54, 1.807) is 0 Å². The van der Waals surface area contributed by atoms with Crippen LogP contribution in [0.15, 0.2) is 0 Å². The van der Waals surface area contributed by atoms with E-state index in [4.69, 9.17) is 23.7 Å². The van der Waals surface area contributed by atoms with Crippen molar-refractivity contribution in [1.82, 2.24) is 4.90 Å². The zero-order chi connectivity index (χ0) is 37.2. The highest BCUT2D eigenvalue weighted by molar-refractivity contribution is 5.73. The molecule has 1 aliphatic rings. The van der Waals surface area contributed by atoms with Crippen LogP contribution < -0.4 is 0 Å². The molecule has 0 aromatic rings. The molecule has 1 rings (SSSR count). The molecule has 300 valence electrons. The summed E-state index contributed by atoms with van der Waals surface area (Å²) in [5.41, 5.74) is 0. The van der Waals surface area contributed by atoms with Crippen LogP contribution in [0.4, 0.5) is 0 Å². The smallest absolute Gasteiger partial charge is 0.310 e. The van der Waals surface area contributed by atoms with E-state index in [1.807, 2.05) is 7.05 Å². The lowest BCUT2D eigenvalue weighted by Gasteiger charge is -2.20. The van der Waals surface area contributed by atoms with E-state index >= 15 is 0 Å². The van der Waals surface area contributed by atoms with Gasteiger partial charge in [-0.25, -0.2) is 0 Å².